The minimum absolute atomic E-state index is 0.352. The largest absolute Gasteiger partial charge is 0.444 e. The van der Waals surface area contributed by atoms with Crippen LogP contribution in [0.1, 0.15) is 64.6 Å². The van der Waals surface area contributed by atoms with E-state index < -0.39 is 54.0 Å². The number of carbonyl (C=O) groups excluding carboxylic acids is 4. The number of hydrogen-bond donors (Lipinski definition) is 3. The summed E-state index contributed by atoms with van der Waals surface area (Å²) in [6, 6.07) is 11.1. The van der Waals surface area contributed by atoms with E-state index in [9.17, 15) is 19.2 Å². The van der Waals surface area contributed by atoms with E-state index in [0.29, 0.717) is 22.7 Å². The first-order valence-electron chi connectivity index (χ1n) is 12.5. The van der Waals surface area contributed by atoms with E-state index in [2.05, 4.69) is 10.6 Å². The number of primary amides is 1. The van der Waals surface area contributed by atoms with Crippen LogP contribution >= 0.6 is 11.6 Å². The number of ether oxygens (including phenoxy) is 1. The second kappa shape index (κ2) is 13.3. The van der Waals surface area contributed by atoms with Gasteiger partial charge in [0.15, 0.2) is 0 Å². The van der Waals surface area contributed by atoms with Gasteiger partial charge in [0.05, 0.1) is 17.1 Å². The predicted octanol–water partition coefficient (Wildman–Crippen LogP) is 4.72. The lowest BCUT2D eigenvalue weighted by Gasteiger charge is -2.38. The predicted molar refractivity (Wildman–Crippen MR) is 148 cm³/mol. The van der Waals surface area contributed by atoms with Crippen molar-refractivity contribution in [3.05, 3.63) is 64.7 Å². The van der Waals surface area contributed by atoms with Crippen molar-refractivity contribution in [3.63, 3.8) is 0 Å². The van der Waals surface area contributed by atoms with Gasteiger partial charge in [0.25, 0.3) is 5.91 Å². The molecule has 2 rings (SSSR count). The Morgan fingerprint density at radius 1 is 1.05 bits per heavy atom. The molecule has 4 N–H and O–H groups in total. The van der Waals surface area contributed by atoms with Crippen molar-refractivity contribution in [3.8, 4) is 0 Å². The first-order chi connectivity index (χ1) is 17.7. The van der Waals surface area contributed by atoms with E-state index in [-0.39, 0.29) is 0 Å². The summed E-state index contributed by atoms with van der Waals surface area (Å²) in [5, 5.41) is 5.70. The number of anilines is 1. The number of aryl methyl sites for hydroxylation is 1. The van der Waals surface area contributed by atoms with Gasteiger partial charge in [-0.2, -0.15) is 0 Å². The Labute approximate surface area is 229 Å². The smallest absolute Gasteiger partial charge is 0.408 e. The summed E-state index contributed by atoms with van der Waals surface area (Å²) >= 11 is 6.37. The number of alkyl carbamates (subject to hydrolysis) is 1. The number of nitrogens with two attached hydrogens (primary N) is 1. The third-order valence-electron chi connectivity index (χ3n) is 5.83. The molecule has 206 valence electrons. The molecule has 2 aromatic carbocycles. The minimum atomic E-state index is -1.35. The number of nitrogens with zero attached hydrogens (tertiary/aromatic N) is 1. The standard InChI is InChI=1S/C28H37ClN4O5/c1-7-18(3)33(26(36)21(16-22(30)34)31-27(37)38-28(4,5)6)24(19-13-9-8-10-14-19)25(35)32-23-17(2)12-11-15-20(23)29/h8-15,18,21,24H,7,16H2,1-6H3,(H2,30,34)(H,31,37)(H,32,35). The van der Waals surface area contributed by atoms with Crippen LogP contribution in [0.25, 0.3) is 0 Å². The molecule has 4 amide bonds. The molecular formula is C28H37ClN4O5. The Morgan fingerprint density at radius 2 is 1.68 bits per heavy atom. The summed E-state index contributed by atoms with van der Waals surface area (Å²) in [6.07, 6.45) is -0.866. The molecule has 38 heavy (non-hydrogen) atoms. The fourth-order valence-corrected chi connectivity index (χ4v) is 4.15. The maximum atomic E-state index is 14.0. The number of nitrogens with one attached hydrogen (secondary N) is 2. The van der Waals surface area contributed by atoms with E-state index in [1.165, 1.54) is 4.90 Å². The third kappa shape index (κ3) is 8.48. The number of halogens is 1. The number of rotatable bonds is 10. The number of amides is 4. The number of carbonyl (C=O) groups is 4. The SMILES string of the molecule is CCC(C)N(C(=O)C(CC(N)=O)NC(=O)OC(C)(C)C)C(C(=O)Nc1c(C)cccc1Cl)c1ccccc1. The molecule has 0 radical (unpaired) electrons. The van der Waals surface area contributed by atoms with E-state index in [0.717, 1.165) is 5.56 Å². The maximum absolute atomic E-state index is 14.0. The van der Waals surface area contributed by atoms with Crippen LogP contribution in [-0.4, -0.2) is 46.4 Å². The van der Waals surface area contributed by atoms with Crippen molar-refractivity contribution < 1.29 is 23.9 Å². The molecule has 3 unspecified atom stereocenters. The Balaban J connectivity index is 2.57. The van der Waals surface area contributed by atoms with Crippen molar-refractivity contribution >= 4 is 41.1 Å². The first-order valence-corrected chi connectivity index (χ1v) is 12.8. The fourth-order valence-electron chi connectivity index (χ4n) is 3.88. The van der Waals surface area contributed by atoms with Crippen LogP contribution in [0.4, 0.5) is 10.5 Å². The molecule has 0 aliphatic carbocycles. The maximum Gasteiger partial charge on any atom is 0.408 e. The van der Waals surface area contributed by atoms with Gasteiger partial charge in [-0.05, 0) is 58.2 Å². The lowest BCUT2D eigenvalue weighted by molar-refractivity contribution is -0.144. The molecule has 3 atom stereocenters. The Bertz CT molecular complexity index is 1130. The van der Waals surface area contributed by atoms with Crippen LogP contribution in [0.5, 0.6) is 0 Å². The monoisotopic (exact) mass is 544 g/mol. The zero-order valence-corrected chi connectivity index (χ0v) is 23.5. The summed E-state index contributed by atoms with van der Waals surface area (Å²) in [5.74, 6) is -1.95. The Kier molecular flexibility index (Phi) is 10.7. The average Bonchev–Trinajstić information content (AvgIpc) is 2.82. The number of hydrogen-bond acceptors (Lipinski definition) is 5. The van der Waals surface area contributed by atoms with E-state index >= 15 is 0 Å². The molecule has 0 saturated heterocycles. The summed E-state index contributed by atoms with van der Waals surface area (Å²) < 4.78 is 5.30. The lowest BCUT2D eigenvalue weighted by atomic mass is 9.99. The van der Waals surface area contributed by atoms with E-state index in [1.807, 2.05) is 19.9 Å². The van der Waals surface area contributed by atoms with Gasteiger partial charge < -0.3 is 26.0 Å². The van der Waals surface area contributed by atoms with Gasteiger partial charge in [0.2, 0.25) is 11.8 Å². The van der Waals surface area contributed by atoms with Gasteiger partial charge in [-0.1, -0.05) is 61.0 Å². The highest BCUT2D eigenvalue weighted by atomic mass is 35.5. The van der Waals surface area contributed by atoms with Crippen LogP contribution in [0.2, 0.25) is 5.02 Å². The molecule has 0 aliphatic heterocycles. The van der Waals surface area contributed by atoms with Gasteiger partial charge >= 0.3 is 6.09 Å². The normalized spacial score (nSPS) is 13.6. The van der Waals surface area contributed by atoms with Crippen molar-refractivity contribution in [2.24, 2.45) is 5.73 Å². The number of para-hydroxylation sites is 1. The Hall–Kier alpha value is -3.59. The highest BCUT2D eigenvalue weighted by molar-refractivity contribution is 6.34. The van der Waals surface area contributed by atoms with Crippen molar-refractivity contribution in [1.82, 2.24) is 10.2 Å². The second-order valence-electron chi connectivity index (χ2n) is 10.1. The molecule has 0 saturated carbocycles. The van der Waals surface area contributed by atoms with Crippen molar-refractivity contribution in [2.45, 2.75) is 78.1 Å². The second-order valence-corrected chi connectivity index (χ2v) is 10.5. The summed E-state index contributed by atoms with van der Waals surface area (Å²) in [6.45, 7) is 10.5. The van der Waals surface area contributed by atoms with Gasteiger partial charge in [0.1, 0.15) is 17.7 Å². The lowest BCUT2D eigenvalue weighted by Crippen LogP contribution is -2.55. The molecular weight excluding hydrogens is 508 g/mol. The average molecular weight is 545 g/mol. The summed E-state index contributed by atoms with van der Waals surface area (Å²) in [5.41, 5.74) is 6.31. The summed E-state index contributed by atoms with van der Waals surface area (Å²) in [7, 11) is 0. The van der Waals surface area contributed by atoms with Crippen LogP contribution < -0.4 is 16.4 Å². The highest BCUT2D eigenvalue weighted by Gasteiger charge is 2.39. The van der Waals surface area contributed by atoms with Gasteiger partial charge in [-0.25, -0.2) is 4.79 Å². The fraction of sp³-hybridized carbons (Fsp3) is 0.429. The summed E-state index contributed by atoms with van der Waals surface area (Å²) in [4.78, 5) is 53.7. The highest BCUT2D eigenvalue weighted by Crippen LogP contribution is 2.31. The van der Waals surface area contributed by atoms with Crippen LogP contribution in [0.15, 0.2) is 48.5 Å². The first kappa shape index (κ1) is 30.6. The Morgan fingerprint density at radius 3 is 2.21 bits per heavy atom. The molecule has 2 aromatic rings. The van der Waals surface area contributed by atoms with Crippen LogP contribution in [0.3, 0.4) is 0 Å². The molecule has 10 heteroatoms. The third-order valence-corrected chi connectivity index (χ3v) is 6.14. The van der Waals surface area contributed by atoms with Gasteiger partial charge in [-0.15, -0.1) is 0 Å². The van der Waals surface area contributed by atoms with Gasteiger partial charge in [-0.3, -0.25) is 14.4 Å². The zero-order valence-electron chi connectivity index (χ0n) is 22.7. The van der Waals surface area contributed by atoms with Crippen LogP contribution in [0, 0.1) is 6.92 Å². The van der Waals surface area contributed by atoms with Gasteiger partial charge in [0, 0.05) is 6.04 Å². The molecule has 9 nitrogen and oxygen atoms in total. The quantitative estimate of drug-likeness (QED) is 0.398. The van der Waals surface area contributed by atoms with E-state index in [1.54, 1.807) is 70.2 Å². The molecule has 0 spiro atoms. The van der Waals surface area contributed by atoms with E-state index in [4.69, 9.17) is 22.1 Å². The minimum Gasteiger partial charge on any atom is -0.444 e. The molecule has 0 aliphatic rings. The van der Waals surface area contributed by atoms with Crippen molar-refractivity contribution in [1.29, 1.82) is 0 Å². The van der Waals surface area contributed by atoms with Crippen molar-refractivity contribution in [2.75, 3.05) is 5.32 Å². The number of benzene rings is 2. The molecule has 0 heterocycles. The molecule has 0 aromatic heterocycles. The van der Waals surface area contributed by atoms with Crippen LogP contribution in [-0.2, 0) is 19.1 Å². The zero-order chi connectivity index (χ0) is 28.6. The molecule has 0 bridgehead atoms. The topological polar surface area (TPSA) is 131 Å². The molecule has 0 fully saturated rings.